The van der Waals surface area contributed by atoms with Crippen molar-refractivity contribution in [3.8, 4) is 0 Å². The van der Waals surface area contributed by atoms with E-state index in [4.69, 9.17) is 0 Å². The Bertz CT molecular complexity index is 723. The number of nitrogens with one attached hydrogen (secondary N) is 1. The van der Waals surface area contributed by atoms with Crippen molar-refractivity contribution in [1.82, 2.24) is 19.7 Å². The number of para-hydroxylation sites is 1. The van der Waals surface area contributed by atoms with E-state index in [-0.39, 0.29) is 0 Å². The molecule has 0 aliphatic heterocycles. The Morgan fingerprint density at radius 1 is 1.19 bits per heavy atom. The highest BCUT2D eigenvalue weighted by Gasteiger charge is 2.08. The van der Waals surface area contributed by atoms with Crippen LogP contribution in [0.2, 0.25) is 0 Å². The van der Waals surface area contributed by atoms with Crippen LogP contribution >= 0.6 is 0 Å². The van der Waals surface area contributed by atoms with Gasteiger partial charge in [-0.15, -0.1) is 0 Å². The first kappa shape index (κ1) is 13.9. The molecule has 0 bridgehead atoms. The zero-order valence-electron chi connectivity index (χ0n) is 12.7. The van der Waals surface area contributed by atoms with Crippen molar-refractivity contribution in [2.75, 3.05) is 13.6 Å². The maximum atomic E-state index is 4.36. The highest BCUT2D eigenvalue weighted by Crippen LogP contribution is 2.22. The third-order valence-electron chi connectivity index (χ3n) is 3.88. The smallest absolute Gasteiger partial charge is 0.0539 e. The fraction of sp³-hybridized carbons (Fsp3) is 0.353. The topological polar surface area (TPSA) is 34.8 Å². The number of likely N-dealkylation sites (N-methyl/N-ethyl adjacent to an activating group) is 1. The van der Waals surface area contributed by atoms with Crippen LogP contribution in [-0.4, -0.2) is 27.9 Å². The zero-order valence-corrected chi connectivity index (χ0v) is 12.7. The van der Waals surface area contributed by atoms with Gasteiger partial charge in [0, 0.05) is 35.4 Å². The Balaban J connectivity index is 1.93. The summed E-state index contributed by atoms with van der Waals surface area (Å²) >= 11 is 0. The average Bonchev–Trinajstić information content (AvgIpc) is 3.11. The highest BCUT2D eigenvalue weighted by molar-refractivity contribution is 5.84. The molecule has 1 aromatic carbocycles. The van der Waals surface area contributed by atoms with Gasteiger partial charge in [0.15, 0.2) is 0 Å². The molecule has 0 radical (unpaired) electrons. The lowest BCUT2D eigenvalue weighted by molar-refractivity contribution is 0.658. The lowest BCUT2D eigenvalue weighted by atomic mass is 10.1. The first-order valence-electron chi connectivity index (χ1n) is 7.54. The van der Waals surface area contributed by atoms with Crippen molar-refractivity contribution in [1.29, 1.82) is 0 Å². The van der Waals surface area contributed by atoms with Gasteiger partial charge in [-0.2, -0.15) is 5.10 Å². The van der Waals surface area contributed by atoms with Crippen LogP contribution in [0.3, 0.4) is 0 Å². The molecule has 0 saturated carbocycles. The molecule has 0 unspecified atom stereocenters. The molecule has 4 heteroatoms. The van der Waals surface area contributed by atoms with E-state index in [0.29, 0.717) is 0 Å². The third kappa shape index (κ3) is 2.85. The SMILES string of the molecule is CCn1cc(Cn2cc(CCNC)c3ccccc32)cn1. The Kier molecular flexibility index (Phi) is 4.06. The summed E-state index contributed by atoms with van der Waals surface area (Å²) in [4.78, 5) is 0. The largest absolute Gasteiger partial charge is 0.343 e. The van der Waals surface area contributed by atoms with Gasteiger partial charge in [-0.3, -0.25) is 4.68 Å². The number of nitrogens with zero attached hydrogens (tertiary/aromatic N) is 3. The van der Waals surface area contributed by atoms with E-state index in [0.717, 1.165) is 26.1 Å². The Morgan fingerprint density at radius 3 is 2.81 bits per heavy atom. The second-order valence-corrected chi connectivity index (χ2v) is 5.36. The van der Waals surface area contributed by atoms with E-state index >= 15 is 0 Å². The summed E-state index contributed by atoms with van der Waals surface area (Å²) in [7, 11) is 2.00. The molecule has 0 atom stereocenters. The predicted octanol–water partition coefficient (Wildman–Crippen LogP) is 2.67. The van der Waals surface area contributed by atoms with Crippen LogP contribution in [0, 0.1) is 0 Å². The molecule has 0 fully saturated rings. The summed E-state index contributed by atoms with van der Waals surface area (Å²) in [6, 6.07) is 8.63. The molecule has 21 heavy (non-hydrogen) atoms. The zero-order chi connectivity index (χ0) is 14.7. The minimum atomic E-state index is 0.875. The van der Waals surface area contributed by atoms with Gasteiger partial charge in [-0.05, 0) is 38.6 Å². The van der Waals surface area contributed by atoms with E-state index in [9.17, 15) is 0 Å². The minimum absolute atomic E-state index is 0.875. The molecule has 2 heterocycles. The molecule has 0 amide bonds. The van der Waals surface area contributed by atoms with E-state index in [2.05, 4.69) is 58.6 Å². The van der Waals surface area contributed by atoms with Crippen molar-refractivity contribution in [3.63, 3.8) is 0 Å². The van der Waals surface area contributed by atoms with Crippen molar-refractivity contribution >= 4 is 10.9 Å². The molecule has 110 valence electrons. The molecule has 3 aromatic rings. The molecule has 0 spiro atoms. The molecular weight excluding hydrogens is 260 g/mol. The van der Waals surface area contributed by atoms with Crippen LogP contribution in [0.1, 0.15) is 18.1 Å². The maximum Gasteiger partial charge on any atom is 0.0539 e. The molecule has 4 nitrogen and oxygen atoms in total. The Labute approximate surface area is 125 Å². The van der Waals surface area contributed by atoms with E-state index in [1.54, 1.807) is 0 Å². The van der Waals surface area contributed by atoms with Crippen LogP contribution in [-0.2, 0) is 19.5 Å². The first-order valence-corrected chi connectivity index (χ1v) is 7.54. The van der Waals surface area contributed by atoms with E-state index in [1.165, 1.54) is 22.0 Å². The van der Waals surface area contributed by atoms with E-state index in [1.807, 2.05) is 17.9 Å². The number of fused-ring (bicyclic) bond motifs is 1. The van der Waals surface area contributed by atoms with Crippen LogP contribution in [0.5, 0.6) is 0 Å². The number of benzene rings is 1. The maximum absolute atomic E-state index is 4.36. The summed E-state index contributed by atoms with van der Waals surface area (Å²) in [5.74, 6) is 0. The number of aromatic nitrogens is 3. The number of hydrogen-bond acceptors (Lipinski definition) is 2. The van der Waals surface area contributed by atoms with Gasteiger partial charge in [-0.25, -0.2) is 0 Å². The monoisotopic (exact) mass is 282 g/mol. The molecule has 2 aromatic heterocycles. The highest BCUT2D eigenvalue weighted by atomic mass is 15.3. The second-order valence-electron chi connectivity index (χ2n) is 5.36. The predicted molar refractivity (Wildman–Crippen MR) is 86.6 cm³/mol. The van der Waals surface area contributed by atoms with Crippen LogP contribution in [0.4, 0.5) is 0 Å². The standard InChI is InChI=1S/C17H22N4/c1-3-21-12-14(10-19-21)11-20-13-15(8-9-18-2)16-6-4-5-7-17(16)20/h4-7,10,12-13,18H,3,8-9,11H2,1-2H3. The van der Waals surface area contributed by atoms with Crippen LogP contribution in [0.25, 0.3) is 10.9 Å². The van der Waals surface area contributed by atoms with E-state index < -0.39 is 0 Å². The van der Waals surface area contributed by atoms with Gasteiger partial charge in [0.2, 0.25) is 0 Å². The number of aryl methyl sites for hydroxylation is 1. The Hall–Kier alpha value is -2.07. The van der Waals surface area contributed by atoms with Crippen LogP contribution < -0.4 is 5.32 Å². The molecule has 1 N–H and O–H groups in total. The Morgan fingerprint density at radius 2 is 2.05 bits per heavy atom. The summed E-state index contributed by atoms with van der Waals surface area (Å²) in [6.07, 6.45) is 7.43. The summed E-state index contributed by atoms with van der Waals surface area (Å²) in [6.45, 7) is 4.90. The first-order chi connectivity index (χ1) is 10.3. The van der Waals surface area contributed by atoms with Gasteiger partial charge in [-0.1, -0.05) is 18.2 Å². The summed E-state index contributed by atoms with van der Waals surface area (Å²) < 4.78 is 4.31. The fourth-order valence-corrected chi connectivity index (χ4v) is 2.77. The second kappa shape index (κ2) is 6.14. The van der Waals surface area contributed by atoms with Crippen molar-refractivity contribution in [2.24, 2.45) is 0 Å². The van der Waals surface area contributed by atoms with Gasteiger partial charge < -0.3 is 9.88 Å². The lowest BCUT2D eigenvalue weighted by Gasteiger charge is -2.02. The van der Waals surface area contributed by atoms with Gasteiger partial charge in [0.25, 0.3) is 0 Å². The van der Waals surface area contributed by atoms with Crippen molar-refractivity contribution < 1.29 is 0 Å². The summed E-state index contributed by atoms with van der Waals surface area (Å²) in [5.41, 5.74) is 3.95. The molecule has 0 saturated heterocycles. The number of rotatable bonds is 6. The van der Waals surface area contributed by atoms with Crippen molar-refractivity contribution in [3.05, 3.63) is 54.0 Å². The minimum Gasteiger partial charge on any atom is -0.343 e. The molecule has 3 rings (SSSR count). The van der Waals surface area contributed by atoms with Crippen molar-refractivity contribution in [2.45, 2.75) is 26.4 Å². The fourth-order valence-electron chi connectivity index (χ4n) is 2.77. The molecule has 0 aliphatic carbocycles. The van der Waals surface area contributed by atoms with Crippen LogP contribution in [0.15, 0.2) is 42.9 Å². The third-order valence-corrected chi connectivity index (χ3v) is 3.88. The summed E-state index contributed by atoms with van der Waals surface area (Å²) in [5, 5.41) is 8.95. The normalized spacial score (nSPS) is 11.3. The quantitative estimate of drug-likeness (QED) is 0.754. The molecule has 0 aliphatic rings. The lowest BCUT2D eigenvalue weighted by Crippen LogP contribution is -2.10. The van der Waals surface area contributed by atoms with Gasteiger partial charge >= 0.3 is 0 Å². The van der Waals surface area contributed by atoms with Gasteiger partial charge in [0.05, 0.1) is 12.7 Å². The average molecular weight is 282 g/mol. The molecular formula is C17H22N4. The van der Waals surface area contributed by atoms with Gasteiger partial charge in [0.1, 0.15) is 0 Å². The number of hydrogen-bond donors (Lipinski definition) is 1.